The van der Waals surface area contributed by atoms with Crippen LogP contribution in [0.15, 0.2) is 27.0 Å². The molecule has 2 aromatic heterocycles. The summed E-state index contributed by atoms with van der Waals surface area (Å²) in [4.78, 5) is 60.0. The van der Waals surface area contributed by atoms with Gasteiger partial charge < -0.3 is 31.8 Å². The van der Waals surface area contributed by atoms with Gasteiger partial charge in [0.05, 0.1) is 0 Å². The first-order valence-electron chi connectivity index (χ1n) is 11.6. The zero-order chi connectivity index (χ0) is 29.0. The monoisotopic (exact) mass is 612 g/mol. The minimum atomic E-state index is -1.31. The first-order valence-corrected chi connectivity index (χ1v) is 14.5. The van der Waals surface area contributed by atoms with Gasteiger partial charge in [-0.15, -0.1) is 28.2 Å². The van der Waals surface area contributed by atoms with E-state index in [0.29, 0.717) is 12.0 Å². The minimum absolute atomic E-state index is 0.0985. The highest BCUT2D eigenvalue weighted by molar-refractivity contribution is 8.01. The van der Waals surface area contributed by atoms with Crippen molar-refractivity contribution in [1.29, 1.82) is 0 Å². The minimum Gasteiger partial charge on any atom is -0.480 e. The van der Waals surface area contributed by atoms with Crippen LogP contribution in [0.1, 0.15) is 19.0 Å². The van der Waals surface area contributed by atoms with Gasteiger partial charge in [0.1, 0.15) is 35.5 Å². The third-order valence-electron chi connectivity index (χ3n) is 5.69. The number of anilines is 1. The highest BCUT2D eigenvalue weighted by Gasteiger charge is 2.54. The van der Waals surface area contributed by atoms with Crippen molar-refractivity contribution >= 4 is 69.5 Å². The molecule has 17 nitrogen and oxygen atoms in total. The molecule has 0 aromatic carbocycles. The molecule has 2 aliphatic rings. The Balaban J connectivity index is 1.49. The predicted molar refractivity (Wildman–Crippen MR) is 143 cm³/mol. The molecule has 2 aliphatic heterocycles. The molecule has 7 N–H and O–H groups in total. The average Bonchev–Trinajstić information content (AvgIpc) is 3.55. The number of rotatable bonds is 13. The number of hydrogen-bond donors (Lipinski definition) is 5. The number of carboxylic acid groups (broad SMARTS) is 2. The number of amides is 2. The molecule has 0 bridgehead atoms. The number of thiazole rings is 1. The van der Waals surface area contributed by atoms with Crippen molar-refractivity contribution < 1.29 is 34.2 Å². The van der Waals surface area contributed by atoms with E-state index >= 15 is 0 Å². The summed E-state index contributed by atoms with van der Waals surface area (Å²) in [5, 5.41) is 37.5. The van der Waals surface area contributed by atoms with Crippen molar-refractivity contribution in [2.45, 2.75) is 42.6 Å². The molecule has 0 aliphatic carbocycles. The number of aromatic nitrogens is 5. The number of hydrogen-bond acceptors (Lipinski definition) is 15. The average molecular weight is 613 g/mol. The normalized spacial score (nSPS) is 19.6. The second kappa shape index (κ2) is 12.6. The molecule has 40 heavy (non-hydrogen) atoms. The number of nitrogens with two attached hydrogens (primary N) is 2. The summed E-state index contributed by atoms with van der Waals surface area (Å²) in [7, 11) is 0. The lowest BCUT2D eigenvalue weighted by Crippen LogP contribution is -2.71. The lowest BCUT2D eigenvalue weighted by molar-refractivity contribution is -0.150. The second-order valence-electron chi connectivity index (χ2n) is 8.30. The fourth-order valence-electron chi connectivity index (χ4n) is 3.70. The fourth-order valence-corrected chi connectivity index (χ4v) is 6.60. The number of carboxylic acids is 2. The number of aliphatic carboxylic acids is 2. The van der Waals surface area contributed by atoms with Gasteiger partial charge in [-0.3, -0.25) is 19.3 Å². The Bertz CT molecular complexity index is 1370. The summed E-state index contributed by atoms with van der Waals surface area (Å²) < 4.78 is 1.07. The number of nitrogens with one attached hydrogen (secondary N) is 1. The number of carbonyl (C=O) groups excluding carboxylic acids is 2. The summed E-state index contributed by atoms with van der Waals surface area (Å²) in [6.45, 7) is 1.55. The Morgan fingerprint density at radius 3 is 2.77 bits per heavy atom. The zero-order valence-electron chi connectivity index (χ0n) is 20.8. The summed E-state index contributed by atoms with van der Waals surface area (Å²) >= 11 is 3.41. The van der Waals surface area contributed by atoms with Gasteiger partial charge in [-0.05, 0) is 22.4 Å². The lowest BCUT2D eigenvalue weighted by atomic mass is 10.0. The molecular formula is C20H24N10O7S3. The number of nitrogen functional groups attached to an aromatic ring is 1. The lowest BCUT2D eigenvalue weighted by Gasteiger charge is -2.49. The molecule has 1 saturated heterocycles. The van der Waals surface area contributed by atoms with E-state index in [-0.39, 0.29) is 45.4 Å². The van der Waals surface area contributed by atoms with Crippen LogP contribution in [0.2, 0.25) is 0 Å². The number of carbonyl (C=O) groups is 4. The van der Waals surface area contributed by atoms with Crippen LogP contribution in [-0.4, -0.2) is 105 Å². The number of thioether (sulfide) groups is 2. The molecule has 4 heterocycles. The summed E-state index contributed by atoms with van der Waals surface area (Å²) in [5.41, 5.74) is 11.5. The quantitative estimate of drug-likeness (QED) is 0.0769. The Morgan fingerprint density at radius 2 is 2.15 bits per heavy atom. The molecular weight excluding hydrogens is 588 g/mol. The van der Waals surface area contributed by atoms with Gasteiger partial charge in [-0.2, -0.15) is 0 Å². The van der Waals surface area contributed by atoms with Crippen LogP contribution in [0.5, 0.6) is 0 Å². The molecule has 20 heteroatoms. The van der Waals surface area contributed by atoms with Crippen LogP contribution in [0.25, 0.3) is 0 Å². The molecule has 214 valence electrons. The second-order valence-corrected chi connectivity index (χ2v) is 11.2. The van der Waals surface area contributed by atoms with E-state index in [0.717, 1.165) is 32.7 Å². The maximum absolute atomic E-state index is 13.2. The number of β-lactam (4-membered cyclic amide) rings is 1. The number of nitrogens with zero attached hydrogens (tertiary/aromatic N) is 7. The van der Waals surface area contributed by atoms with Crippen molar-refractivity contribution in [3.8, 4) is 0 Å². The van der Waals surface area contributed by atoms with Gasteiger partial charge in [0, 0.05) is 23.4 Å². The molecule has 3 atom stereocenters. The van der Waals surface area contributed by atoms with Crippen LogP contribution in [0.3, 0.4) is 0 Å². The van der Waals surface area contributed by atoms with Crippen molar-refractivity contribution in [2.75, 3.05) is 23.8 Å². The molecule has 2 aromatic rings. The van der Waals surface area contributed by atoms with Crippen molar-refractivity contribution in [2.24, 2.45) is 10.9 Å². The van der Waals surface area contributed by atoms with Crippen LogP contribution < -0.4 is 16.8 Å². The number of tetrazole rings is 1. The van der Waals surface area contributed by atoms with Crippen molar-refractivity contribution in [1.82, 2.24) is 35.4 Å². The summed E-state index contributed by atoms with van der Waals surface area (Å²) in [6, 6.07) is -1.03. The largest absolute Gasteiger partial charge is 0.480 e. The highest BCUT2D eigenvalue weighted by atomic mass is 32.2. The van der Waals surface area contributed by atoms with Crippen LogP contribution in [0, 0.1) is 0 Å². The third kappa shape index (κ3) is 6.18. The molecule has 4 rings (SSSR count). The summed E-state index contributed by atoms with van der Waals surface area (Å²) in [6.07, 6.45) is 0.101. The predicted octanol–water partition coefficient (Wildman–Crippen LogP) is -1.21. The fraction of sp³-hybridized carbons (Fsp3) is 0.450. The first kappa shape index (κ1) is 29.2. The Morgan fingerprint density at radius 1 is 1.38 bits per heavy atom. The number of fused-ring (bicyclic) bond motifs is 1. The SMILES string of the molecule is CCC(CN)ON=C(C(=O)NC1C(=O)N2C(C(=O)O)=C(CSc3nnnn3CC(=O)O)CS[C@H]12)c1csc(N)n1. The molecule has 2 amide bonds. The Hall–Kier alpha value is -3.75. The van der Waals surface area contributed by atoms with Gasteiger partial charge in [0.15, 0.2) is 10.8 Å². The van der Waals surface area contributed by atoms with E-state index in [1.807, 2.05) is 6.92 Å². The smallest absolute Gasteiger partial charge is 0.352 e. The van der Waals surface area contributed by atoms with E-state index in [1.54, 1.807) is 0 Å². The van der Waals surface area contributed by atoms with Crippen LogP contribution >= 0.6 is 34.9 Å². The van der Waals surface area contributed by atoms with Gasteiger partial charge in [0.2, 0.25) is 5.16 Å². The van der Waals surface area contributed by atoms with E-state index in [9.17, 15) is 24.3 Å². The highest BCUT2D eigenvalue weighted by Crippen LogP contribution is 2.41. The molecule has 0 radical (unpaired) electrons. The standard InChI is InChI=1S/C20H24N10O7S3/c1-2-9(3-21)37-26-12(10-7-39-19(22)23-10)15(33)24-13-16(34)30-14(18(35)36)8(5-38-17(13)30)6-40-20-25-27-28-29(20)4-11(31)32/h7,9,13,17H,2-6,21H2,1H3,(H2,22,23)(H,24,33)(H,31,32)(H,35,36)/t9?,13?,17-/m1/s1. The summed E-state index contributed by atoms with van der Waals surface area (Å²) in [5.74, 6) is -3.49. The van der Waals surface area contributed by atoms with E-state index < -0.39 is 47.8 Å². The Labute approximate surface area is 238 Å². The van der Waals surface area contributed by atoms with Gasteiger partial charge in [0.25, 0.3) is 11.8 Å². The maximum atomic E-state index is 13.2. The van der Waals surface area contributed by atoms with Crippen LogP contribution in [0.4, 0.5) is 5.13 Å². The van der Waals surface area contributed by atoms with Gasteiger partial charge in [-0.25, -0.2) is 14.5 Å². The van der Waals surface area contributed by atoms with Gasteiger partial charge in [-0.1, -0.05) is 23.8 Å². The molecule has 0 saturated carbocycles. The Kier molecular flexibility index (Phi) is 9.22. The van der Waals surface area contributed by atoms with Crippen molar-refractivity contribution in [3.05, 3.63) is 22.3 Å². The molecule has 0 spiro atoms. The third-order valence-corrected chi connectivity index (χ3v) is 8.74. The van der Waals surface area contributed by atoms with E-state index in [1.165, 1.54) is 17.1 Å². The van der Waals surface area contributed by atoms with Crippen LogP contribution in [-0.2, 0) is 30.6 Å². The first-order chi connectivity index (χ1) is 19.1. The van der Waals surface area contributed by atoms with E-state index in [2.05, 4.69) is 31.0 Å². The van der Waals surface area contributed by atoms with Gasteiger partial charge >= 0.3 is 11.9 Å². The molecule has 1 fully saturated rings. The van der Waals surface area contributed by atoms with E-state index in [4.69, 9.17) is 21.4 Å². The maximum Gasteiger partial charge on any atom is 0.352 e. The van der Waals surface area contributed by atoms with Crippen molar-refractivity contribution in [3.63, 3.8) is 0 Å². The molecule has 2 unspecified atom stereocenters. The zero-order valence-corrected chi connectivity index (χ0v) is 23.2. The number of oxime groups is 1. The topological polar surface area (TPSA) is 254 Å².